The summed E-state index contributed by atoms with van der Waals surface area (Å²) in [6, 6.07) is 6.54. The zero-order chi connectivity index (χ0) is 13.2. The Morgan fingerprint density at radius 3 is 2.39 bits per heavy atom. The second kappa shape index (κ2) is 5.53. The molecule has 2 atom stereocenters. The molecule has 0 amide bonds. The molecular weight excluding hydrogens is 259 g/mol. The van der Waals surface area contributed by atoms with Gasteiger partial charge in [0.1, 0.15) is 0 Å². The Bertz CT molecular complexity index is 388. The van der Waals surface area contributed by atoms with E-state index >= 15 is 0 Å². The first-order valence-electron chi connectivity index (χ1n) is 5.99. The van der Waals surface area contributed by atoms with Gasteiger partial charge in [-0.1, -0.05) is 19.1 Å². The largest absolute Gasteiger partial charge is 0.446 e. The van der Waals surface area contributed by atoms with Crippen molar-refractivity contribution in [2.75, 3.05) is 6.54 Å². The average molecular weight is 275 g/mol. The number of hydrogen-bond acceptors (Lipinski definition) is 2. The fraction of sp³-hybridized carbons (Fsp3) is 0.538. The van der Waals surface area contributed by atoms with Gasteiger partial charge >= 0.3 is 5.51 Å². The van der Waals surface area contributed by atoms with Crippen LogP contribution in [-0.2, 0) is 6.54 Å². The van der Waals surface area contributed by atoms with Gasteiger partial charge < -0.3 is 5.32 Å². The summed E-state index contributed by atoms with van der Waals surface area (Å²) in [4.78, 5) is 0.238. The van der Waals surface area contributed by atoms with E-state index in [4.69, 9.17) is 0 Å². The number of alkyl halides is 3. The smallest absolute Gasteiger partial charge is 0.312 e. The van der Waals surface area contributed by atoms with Gasteiger partial charge in [-0.3, -0.25) is 0 Å². The maximum atomic E-state index is 12.1. The van der Waals surface area contributed by atoms with Crippen molar-refractivity contribution < 1.29 is 13.2 Å². The van der Waals surface area contributed by atoms with E-state index in [-0.39, 0.29) is 16.7 Å². The summed E-state index contributed by atoms with van der Waals surface area (Å²) in [5.74, 6) is 1.60. The van der Waals surface area contributed by atoms with E-state index in [9.17, 15) is 13.2 Å². The normalized spacial score (nSPS) is 23.1. The summed E-state index contributed by atoms with van der Waals surface area (Å²) in [5.41, 5.74) is -3.18. The molecule has 1 saturated carbocycles. The Morgan fingerprint density at radius 1 is 1.28 bits per heavy atom. The van der Waals surface area contributed by atoms with Crippen LogP contribution in [0.2, 0.25) is 0 Å². The summed E-state index contributed by atoms with van der Waals surface area (Å²) in [6.45, 7) is 3.95. The van der Waals surface area contributed by atoms with Gasteiger partial charge in [-0.05, 0) is 54.3 Å². The number of thioether (sulfide) groups is 1. The molecule has 0 radical (unpaired) electrons. The van der Waals surface area contributed by atoms with Crippen LogP contribution < -0.4 is 5.32 Å². The van der Waals surface area contributed by atoms with Crippen LogP contribution in [-0.4, -0.2) is 12.1 Å². The van der Waals surface area contributed by atoms with E-state index < -0.39 is 5.51 Å². The third kappa shape index (κ3) is 4.53. The first-order chi connectivity index (χ1) is 8.44. The number of benzene rings is 1. The molecule has 1 fully saturated rings. The maximum Gasteiger partial charge on any atom is 0.446 e. The standard InChI is InChI=1S/C13H16F3NS/c1-9-6-11(9)8-17-7-10-2-4-12(5-3-10)18-13(14,15)16/h2-5,9,11,17H,6-8H2,1H3. The second-order valence-electron chi connectivity index (χ2n) is 4.80. The first kappa shape index (κ1) is 13.7. The Morgan fingerprint density at radius 2 is 1.89 bits per heavy atom. The van der Waals surface area contributed by atoms with Gasteiger partial charge in [-0.25, -0.2) is 0 Å². The van der Waals surface area contributed by atoms with E-state index in [1.54, 1.807) is 12.1 Å². The molecule has 1 aliphatic carbocycles. The molecule has 1 aromatic carbocycles. The first-order valence-corrected chi connectivity index (χ1v) is 6.81. The van der Waals surface area contributed by atoms with Gasteiger partial charge in [0, 0.05) is 11.4 Å². The van der Waals surface area contributed by atoms with Crippen molar-refractivity contribution in [3.05, 3.63) is 29.8 Å². The van der Waals surface area contributed by atoms with Crippen molar-refractivity contribution in [3.8, 4) is 0 Å². The predicted octanol–water partition coefficient (Wildman–Crippen LogP) is 4.04. The van der Waals surface area contributed by atoms with E-state index in [0.29, 0.717) is 0 Å². The molecule has 18 heavy (non-hydrogen) atoms. The van der Waals surface area contributed by atoms with Crippen LogP contribution in [0.15, 0.2) is 29.2 Å². The van der Waals surface area contributed by atoms with Crippen LogP contribution in [0, 0.1) is 11.8 Å². The molecule has 0 aliphatic heterocycles. The second-order valence-corrected chi connectivity index (χ2v) is 5.93. The third-order valence-corrected chi connectivity index (χ3v) is 3.91. The van der Waals surface area contributed by atoms with Crippen LogP contribution in [0.5, 0.6) is 0 Å². The molecule has 2 unspecified atom stereocenters. The van der Waals surface area contributed by atoms with Crippen molar-refractivity contribution in [2.24, 2.45) is 11.8 Å². The Balaban J connectivity index is 1.76. The van der Waals surface area contributed by atoms with E-state index in [1.165, 1.54) is 18.6 Å². The molecule has 1 aliphatic rings. The highest BCUT2D eigenvalue weighted by atomic mass is 32.2. The monoisotopic (exact) mass is 275 g/mol. The highest BCUT2D eigenvalue weighted by Gasteiger charge is 2.31. The van der Waals surface area contributed by atoms with Gasteiger partial charge in [0.25, 0.3) is 0 Å². The highest BCUT2D eigenvalue weighted by molar-refractivity contribution is 8.00. The molecule has 0 aromatic heterocycles. The lowest BCUT2D eigenvalue weighted by atomic mass is 10.2. The molecular formula is C13H16F3NS. The Hall–Kier alpha value is -0.680. The minimum Gasteiger partial charge on any atom is -0.312 e. The van der Waals surface area contributed by atoms with Crippen LogP contribution in [0.4, 0.5) is 13.2 Å². The van der Waals surface area contributed by atoms with Crippen molar-refractivity contribution >= 4 is 11.8 Å². The molecule has 5 heteroatoms. The molecule has 1 aromatic rings. The minimum absolute atomic E-state index is 0.0719. The molecule has 0 saturated heterocycles. The molecule has 2 rings (SSSR count). The van der Waals surface area contributed by atoms with Crippen molar-refractivity contribution in [1.82, 2.24) is 5.32 Å². The van der Waals surface area contributed by atoms with Crippen LogP contribution in [0.25, 0.3) is 0 Å². The van der Waals surface area contributed by atoms with Crippen molar-refractivity contribution in [1.29, 1.82) is 0 Å². The summed E-state index contributed by atoms with van der Waals surface area (Å²) in [6.07, 6.45) is 1.29. The maximum absolute atomic E-state index is 12.1. The summed E-state index contributed by atoms with van der Waals surface area (Å²) in [5, 5.41) is 3.33. The predicted molar refractivity (Wildman–Crippen MR) is 67.3 cm³/mol. The fourth-order valence-corrected chi connectivity index (χ4v) is 2.43. The Kier molecular flexibility index (Phi) is 4.22. The van der Waals surface area contributed by atoms with Gasteiger partial charge in [-0.2, -0.15) is 13.2 Å². The van der Waals surface area contributed by atoms with Gasteiger partial charge in [-0.15, -0.1) is 0 Å². The van der Waals surface area contributed by atoms with Gasteiger partial charge in [0.15, 0.2) is 0 Å². The van der Waals surface area contributed by atoms with Gasteiger partial charge in [0.05, 0.1) is 0 Å². The average Bonchev–Trinajstić information content (AvgIpc) is 2.95. The fourth-order valence-electron chi connectivity index (χ4n) is 1.89. The summed E-state index contributed by atoms with van der Waals surface area (Å²) in [7, 11) is 0. The summed E-state index contributed by atoms with van der Waals surface area (Å²) < 4.78 is 36.4. The lowest BCUT2D eigenvalue weighted by Crippen LogP contribution is -2.16. The number of nitrogens with one attached hydrogen (secondary N) is 1. The van der Waals surface area contributed by atoms with Crippen LogP contribution >= 0.6 is 11.8 Å². The third-order valence-electron chi connectivity index (χ3n) is 3.17. The van der Waals surface area contributed by atoms with E-state index in [1.807, 2.05) is 0 Å². The quantitative estimate of drug-likeness (QED) is 0.814. The van der Waals surface area contributed by atoms with Crippen molar-refractivity contribution in [2.45, 2.75) is 30.3 Å². The number of hydrogen-bond donors (Lipinski definition) is 1. The number of rotatable bonds is 5. The zero-order valence-electron chi connectivity index (χ0n) is 10.1. The Labute approximate surface area is 109 Å². The van der Waals surface area contributed by atoms with Gasteiger partial charge in [0.2, 0.25) is 0 Å². The highest BCUT2D eigenvalue weighted by Crippen LogP contribution is 2.37. The SMILES string of the molecule is CC1CC1CNCc1ccc(SC(F)(F)F)cc1. The topological polar surface area (TPSA) is 12.0 Å². The molecule has 0 spiro atoms. The minimum atomic E-state index is -4.21. The summed E-state index contributed by atoms with van der Waals surface area (Å²) >= 11 is -0.0719. The van der Waals surface area contributed by atoms with E-state index in [2.05, 4.69) is 12.2 Å². The van der Waals surface area contributed by atoms with Crippen LogP contribution in [0.3, 0.4) is 0 Å². The molecule has 1 N–H and O–H groups in total. The molecule has 1 nitrogen and oxygen atoms in total. The number of halogens is 3. The molecule has 100 valence electrons. The van der Waals surface area contributed by atoms with E-state index in [0.717, 1.165) is 30.5 Å². The zero-order valence-corrected chi connectivity index (χ0v) is 10.9. The molecule has 0 bridgehead atoms. The van der Waals surface area contributed by atoms with Crippen molar-refractivity contribution in [3.63, 3.8) is 0 Å². The van der Waals surface area contributed by atoms with Crippen LogP contribution in [0.1, 0.15) is 18.9 Å². The molecule has 0 heterocycles. The lowest BCUT2D eigenvalue weighted by Gasteiger charge is -2.07. The lowest BCUT2D eigenvalue weighted by molar-refractivity contribution is -0.0328.